The summed E-state index contributed by atoms with van der Waals surface area (Å²) in [5.74, 6) is -0.153. The lowest BCUT2D eigenvalue weighted by Gasteiger charge is -2.25. The van der Waals surface area contributed by atoms with Crippen LogP contribution in [0.1, 0.15) is 20.8 Å². The minimum absolute atomic E-state index is 0.153. The number of rotatable bonds is 6. The Balaban J connectivity index is 2.55. The number of nitrogens with one attached hydrogen (secondary N) is 1. The molecule has 94 valence electrons. The number of nitrogens with zero attached hydrogens (tertiary/aromatic N) is 2. The van der Waals surface area contributed by atoms with Crippen molar-refractivity contribution in [2.45, 2.75) is 26.4 Å². The predicted molar refractivity (Wildman–Crippen MR) is 65.1 cm³/mol. The van der Waals surface area contributed by atoms with E-state index in [1.54, 1.807) is 6.07 Å². The van der Waals surface area contributed by atoms with E-state index in [1.807, 2.05) is 20.8 Å². The number of aromatic nitrogens is 1. The van der Waals surface area contributed by atoms with Crippen LogP contribution in [0.4, 0.5) is 11.5 Å². The van der Waals surface area contributed by atoms with Gasteiger partial charge in [0, 0.05) is 19.2 Å². The quantitative estimate of drug-likeness (QED) is 0.608. The average Bonchev–Trinajstić information content (AvgIpc) is 2.27. The van der Waals surface area contributed by atoms with Crippen LogP contribution in [-0.2, 0) is 4.74 Å². The fraction of sp³-hybridized carbons (Fsp3) is 0.545. The smallest absolute Gasteiger partial charge is 0.363 e. The summed E-state index contributed by atoms with van der Waals surface area (Å²) >= 11 is 0. The van der Waals surface area contributed by atoms with Gasteiger partial charge in [-0.2, -0.15) is 0 Å². The normalized spacial score (nSPS) is 11.2. The van der Waals surface area contributed by atoms with Crippen molar-refractivity contribution in [2.24, 2.45) is 0 Å². The molecule has 6 nitrogen and oxygen atoms in total. The second kappa shape index (κ2) is 5.58. The fourth-order valence-corrected chi connectivity index (χ4v) is 1.36. The molecule has 0 saturated heterocycles. The number of ether oxygens (including phenoxy) is 1. The third kappa shape index (κ3) is 4.36. The van der Waals surface area contributed by atoms with Crippen molar-refractivity contribution >= 4 is 11.5 Å². The molecule has 1 heterocycles. The van der Waals surface area contributed by atoms with Gasteiger partial charge in [-0.25, -0.2) is 0 Å². The molecule has 1 rings (SSSR count). The molecule has 0 bridgehead atoms. The third-order valence-corrected chi connectivity index (χ3v) is 2.19. The summed E-state index contributed by atoms with van der Waals surface area (Å²) < 4.78 is 5.52. The summed E-state index contributed by atoms with van der Waals surface area (Å²) in [6, 6.07) is 3.00. The summed E-state index contributed by atoms with van der Waals surface area (Å²) in [6.45, 7) is 7.15. The second-order valence-electron chi connectivity index (χ2n) is 4.21. The zero-order valence-electron chi connectivity index (χ0n) is 10.3. The maximum Gasteiger partial charge on any atom is 0.363 e. The van der Waals surface area contributed by atoms with Crippen LogP contribution in [0, 0.1) is 10.1 Å². The van der Waals surface area contributed by atoms with Gasteiger partial charge in [0.25, 0.3) is 0 Å². The SMILES string of the molecule is CCOC(C)(C)CNc1ccc([N+](=O)[O-])nc1. The molecular weight excluding hydrogens is 222 g/mol. The van der Waals surface area contributed by atoms with Gasteiger partial charge in [-0.1, -0.05) is 0 Å². The first kappa shape index (κ1) is 13.4. The lowest BCUT2D eigenvalue weighted by atomic mass is 10.1. The number of hydrogen-bond donors (Lipinski definition) is 1. The molecule has 0 atom stereocenters. The molecule has 0 spiro atoms. The van der Waals surface area contributed by atoms with Crippen molar-refractivity contribution in [3.05, 3.63) is 28.4 Å². The molecule has 0 fully saturated rings. The van der Waals surface area contributed by atoms with Crippen molar-refractivity contribution in [1.29, 1.82) is 0 Å². The first-order chi connectivity index (χ1) is 7.94. The molecule has 1 aromatic heterocycles. The van der Waals surface area contributed by atoms with Gasteiger partial charge in [0.05, 0.1) is 11.3 Å². The van der Waals surface area contributed by atoms with E-state index in [2.05, 4.69) is 10.3 Å². The second-order valence-corrected chi connectivity index (χ2v) is 4.21. The summed E-state index contributed by atoms with van der Waals surface area (Å²) in [5.41, 5.74) is 0.458. The Bertz CT molecular complexity index is 376. The first-order valence-corrected chi connectivity index (χ1v) is 5.43. The van der Waals surface area contributed by atoms with Gasteiger partial charge in [-0.15, -0.1) is 0 Å². The number of nitro groups is 1. The molecule has 0 aliphatic carbocycles. The van der Waals surface area contributed by atoms with Crippen LogP contribution < -0.4 is 5.32 Å². The Morgan fingerprint density at radius 2 is 2.24 bits per heavy atom. The highest BCUT2D eigenvalue weighted by Crippen LogP contribution is 2.14. The average molecular weight is 239 g/mol. The highest BCUT2D eigenvalue weighted by atomic mass is 16.6. The number of pyridine rings is 1. The molecule has 0 aromatic carbocycles. The summed E-state index contributed by atoms with van der Waals surface area (Å²) in [5, 5.41) is 13.5. The van der Waals surface area contributed by atoms with Gasteiger partial charge >= 0.3 is 5.82 Å². The predicted octanol–water partition coefficient (Wildman–Crippen LogP) is 2.22. The lowest BCUT2D eigenvalue weighted by Crippen LogP contribution is -2.33. The Morgan fingerprint density at radius 1 is 1.53 bits per heavy atom. The largest absolute Gasteiger partial charge is 0.379 e. The van der Waals surface area contributed by atoms with Crippen LogP contribution >= 0.6 is 0 Å². The maximum absolute atomic E-state index is 10.4. The molecule has 0 saturated carbocycles. The van der Waals surface area contributed by atoms with Crippen molar-refractivity contribution in [3.8, 4) is 0 Å². The highest BCUT2D eigenvalue weighted by molar-refractivity contribution is 5.43. The van der Waals surface area contributed by atoms with E-state index in [-0.39, 0.29) is 11.4 Å². The van der Waals surface area contributed by atoms with Crippen LogP contribution in [-0.4, -0.2) is 28.7 Å². The molecule has 0 unspecified atom stereocenters. The Labute approximate surface area is 100 Å². The lowest BCUT2D eigenvalue weighted by molar-refractivity contribution is -0.389. The zero-order valence-corrected chi connectivity index (χ0v) is 10.3. The zero-order chi connectivity index (χ0) is 12.9. The van der Waals surface area contributed by atoms with Crippen LogP contribution in [0.15, 0.2) is 18.3 Å². The van der Waals surface area contributed by atoms with Crippen LogP contribution in [0.3, 0.4) is 0 Å². The molecule has 0 aliphatic heterocycles. The Kier molecular flexibility index (Phi) is 4.39. The van der Waals surface area contributed by atoms with E-state index in [0.717, 1.165) is 5.69 Å². The Morgan fingerprint density at radius 3 is 2.71 bits per heavy atom. The molecular formula is C11H17N3O3. The monoisotopic (exact) mass is 239 g/mol. The molecule has 0 radical (unpaired) electrons. The van der Waals surface area contributed by atoms with E-state index < -0.39 is 4.92 Å². The fourth-order valence-electron chi connectivity index (χ4n) is 1.36. The van der Waals surface area contributed by atoms with Gasteiger partial charge in [-0.3, -0.25) is 0 Å². The van der Waals surface area contributed by atoms with E-state index in [9.17, 15) is 10.1 Å². The van der Waals surface area contributed by atoms with E-state index in [4.69, 9.17) is 4.74 Å². The summed E-state index contributed by atoms with van der Waals surface area (Å²) in [4.78, 5) is 13.6. The van der Waals surface area contributed by atoms with Crippen molar-refractivity contribution in [1.82, 2.24) is 4.98 Å². The van der Waals surface area contributed by atoms with Crippen molar-refractivity contribution in [2.75, 3.05) is 18.5 Å². The molecule has 1 N–H and O–H groups in total. The van der Waals surface area contributed by atoms with Gasteiger partial charge in [-0.05, 0) is 36.7 Å². The van der Waals surface area contributed by atoms with E-state index in [1.165, 1.54) is 12.3 Å². The summed E-state index contributed by atoms with van der Waals surface area (Å²) in [7, 11) is 0. The van der Waals surface area contributed by atoms with Crippen LogP contribution in [0.2, 0.25) is 0 Å². The molecule has 0 aliphatic rings. The molecule has 0 amide bonds. The van der Waals surface area contributed by atoms with Gasteiger partial charge in [0.1, 0.15) is 0 Å². The topological polar surface area (TPSA) is 77.3 Å². The van der Waals surface area contributed by atoms with E-state index in [0.29, 0.717) is 13.2 Å². The number of hydrogen-bond acceptors (Lipinski definition) is 5. The number of anilines is 1. The van der Waals surface area contributed by atoms with Crippen molar-refractivity contribution in [3.63, 3.8) is 0 Å². The summed E-state index contributed by atoms with van der Waals surface area (Å²) in [6.07, 6.45) is 1.44. The Hall–Kier alpha value is -1.69. The van der Waals surface area contributed by atoms with Gasteiger partial charge in [0.2, 0.25) is 0 Å². The minimum Gasteiger partial charge on any atom is -0.379 e. The molecule has 1 aromatic rings. The third-order valence-electron chi connectivity index (χ3n) is 2.19. The van der Waals surface area contributed by atoms with Crippen LogP contribution in [0.5, 0.6) is 0 Å². The standard InChI is InChI=1S/C11H17N3O3/c1-4-17-11(2,3)8-13-9-5-6-10(12-7-9)14(15)16/h5-7,13H,4,8H2,1-3H3. The molecule has 17 heavy (non-hydrogen) atoms. The van der Waals surface area contributed by atoms with E-state index >= 15 is 0 Å². The van der Waals surface area contributed by atoms with Gasteiger partial charge in [0.15, 0.2) is 6.20 Å². The first-order valence-electron chi connectivity index (χ1n) is 5.43. The molecule has 6 heteroatoms. The van der Waals surface area contributed by atoms with Crippen molar-refractivity contribution < 1.29 is 9.66 Å². The maximum atomic E-state index is 10.4. The highest BCUT2D eigenvalue weighted by Gasteiger charge is 2.17. The minimum atomic E-state index is -0.520. The van der Waals surface area contributed by atoms with Crippen LogP contribution in [0.25, 0.3) is 0 Å². The van der Waals surface area contributed by atoms with Gasteiger partial charge < -0.3 is 20.2 Å².